The summed E-state index contributed by atoms with van der Waals surface area (Å²) in [5.74, 6) is 1.35. The van der Waals surface area contributed by atoms with Crippen molar-refractivity contribution in [3.8, 4) is 0 Å². The Bertz CT molecular complexity index is 586. The Labute approximate surface area is 118 Å². The number of hydrogen-bond donors (Lipinski definition) is 0. The zero-order valence-electron chi connectivity index (χ0n) is 11.4. The summed E-state index contributed by atoms with van der Waals surface area (Å²) in [6.45, 7) is 0.926. The Hall–Kier alpha value is -1.13. The van der Waals surface area contributed by atoms with E-state index in [2.05, 4.69) is 33.5 Å². The SMILES string of the molecule is CN(C)C1(Cn2c(CCl)nc3cccnc32)CCC1. The second-order valence-electron chi connectivity index (χ2n) is 5.57. The van der Waals surface area contributed by atoms with E-state index in [1.807, 2.05) is 18.3 Å². The first-order valence-corrected chi connectivity index (χ1v) is 7.23. The summed E-state index contributed by atoms with van der Waals surface area (Å²) in [6, 6.07) is 3.92. The van der Waals surface area contributed by atoms with Crippen LogP contribution in [0.1, 0.15) is 25.1 Å². The van der Waals surface area contributed by atoms with E-state index in [0.29, 0.717) is 5.88 Å². The quantitative estimate of drug-likeness (QED) is 0.807. The molecule has 0 aromatic carbocycles. The number of halogens is 1. The van der Waals surface area contributed by atoms with Crippen molar-refractivity contribution in [3.63, 3.8) is 0 Å². The van der Waals surface area contributed by atoms with Crippen molar-refractivity contribution in [2.24, 2.45) is 0 Å². The molecule has 2 aromatic rings. The topological polar surface area (TPSA) is 34.0 Å². The summed E-state index contributed by atoms with van der Waals surface area (Å²) in [6.07, 6.45) is 5.58. The van der Waals surface area contributed by atoms with E-state index in [9.17, 15) is 0 Å². The summed E-state index contributed by atoms with van der Waals surface area (Å²) in [7, 11) is 4.32. The minimum atomic E-state index is 0.242. The van der Waals surface area contributed by atoms with Crippen LogP contribution in [-0.2, 0) is 12.4 Å². The van der Waals surface area contributed by atoms with Crippen LogP contribution >= 0.6 is 11.6 Å². The van der Waals surface area contributed by atoms with Crippen LogP contribution < -0.4 is 0 Å². The first kappa shape index (κ1) is 12.9. The maximum atomic E-state index is 6.05. The van der Waals surface area contributed by atoms with E-state index in [4.69, 9.17) is 11.6 Å². The monoisotopic (exact) mass is 278 g/mol. The molecule has 1 fully saturated rings. The average Bonchev–Trinajstić information content (AvgIpc) is 2.71. The van der Waals surface area contributed by atoms with E-state index < -0.39 is 0 Å². The van der Waals surface area contributed by atoms with Gasteiger partial charge in [-0.25, -0.2) is 9.97 Å². The number of fused-ring (bicyclic) bond motifs is 1. The first-order chi connectivity index (χ1) is 9.16. The minimum absolute atomic E-state index is 0.242. The molecule has 102 valence electrons. The predicted octanol–water partition coefficient (Wildman–Crippen LogP) is 2.65. The lowest BCUT2D eigenvalue weighted by molar-refractivity contribution is 0.0427. The van der Waals surface area contributed by atoms with E-state index >= 15 is 0 Å². The van der Waals surface area contributed by atoms with E-state index in [1.54, 1.807) is 0 Å². The highest BCUT2D eigenvalue weighted by molar-refractivity contribution is 6.16. The number of imidazole rings is 1. The molecule has 0 unspecified atom stereocenters. The fourth-order valence-electron chi connectivity index (χ4n) is 2.90. The van der Waals surface area contributed by atoms with E-state index in [1.165, 1.54) is 19.3 Å². The second kappa shape index (κ2) is 4.76. The molecule has 2 aromatic heterocycles. The highest BCUT2D eigenvalue weighted by atomic mass is 35.5. The van der Waals surface area contributed by atoms with E-state index in [-0.39, 0.29) is 5.54 Å². The Kier molecular flexibility index (Phi) is 3.23. The largest absolute Gasteiger partial charge is 0.310 e. The Morgan fingerprint density at radius 3 is 2.79 bits per heavy atom. The van der Waals surface area contributed by atoms with Gasteiger partial charge in [-0.05, 0) is 45.5 Å². The third-order valence-electron chi connectivity index (χ3n) is 4.39. The number of likely N-dealkylation sites (N-methyl/N-ethyl adjacent to an activating group) is 1. The van der Waals surface area contributed by atoms with Gasteiger partial charge in [-0.1, -0.05) is 0 Å². The van der Waals surface area contributed by atoms with Crippen LogP contribution in [0.2, 0.25) is 0 Å². The lowest BCUT2D eigenvalue weighted by atomic mass is 9.75. The molecule has 0 N–H and O–H groups in total. The van der Waals surface area contributed by atoms with Gasteiger partial charge in [0.05, 0.1) is 5.88 Å². The van der Waals surface area contributed by atoms with Crippen molar-refractivity contribution >= 4 is 22.8 Å². The predicted molar refractivity (Wildman–Crippen MR) is 77.4 cm³/mol. The molecule has 0 spiro atoms. The van der Waals surface area contributed by atoms with Gasteiger partial charge in [-0.3, -0.25) is 0 Å². The zero-order valence-corrected chi connectivity index (χ0v) is 12.2. The van der Waals surface area contributed by atoms with Crippen molar-refractivity contribution in [2.45, 2.75) is 37.2 Å². The molecule has 4 nitrogen and oxygen atoms in total. The van der Waals surface area contributed by atoms with Gasteiger partial charge in [0.1, 0.15) is 11.3 Å². The average molecular weight is 279 g/mol. The number of aromatic nitrogens is 3. The number of hydrogen-bond acceptors (Lipinski definition) is 3. The maximum absolute atomic E-state index is 6.05. The second-order valence-corrected chi connectivity index (χ2v) is 5.83. The van der Waals surface area contributed by atoms with E-state index in [0.717, 1.165) is 23.5 Å². The highest BCUT2D eigenvalue weighted by Gasteiger charge is 2.40. The molecule has 0 saturated heterocycles. The molecule has 0 aliphatic heterocycles. The Balaban J connectivity index is 2.04. The fourth-order valence-corrected chi connectivity index (χ4v) is 3.10. The summed E-state index contributed by atoms with van der Waals surface area (Å²) in [5, 5.41) is 0. The lowest BCUT2D eigenvalue weighted by Crippen LogP contribution is -2.53. The van der Waals surface area contributed by atoms with Gasteiger partial charge in [0, 0.05) is 18.3 Å². The highest BCUT2D eigenvalue weighted by Crippen LogP contribution is 2.38. The summed E-state index contributed by atoms with van der Waals surface area (Å²) in [5.41, 5.74) is 2.13. The summed E-state index contributed by atoms with van der Waals surface area (Å²) in [4.78, 5) is 11.4. The third kappa shape index (κ3) is 2.03. The molecule has 1 aliphatic carbocycles. The molecule has 0 amide bonds. The standard InChI is InChI=1S/C14H19ClN4/c1-18(2)14(6-4-7-14)10-19-12(9-15)17-11-5-3-8-16-13(11)19/h3,5,8H,4,6-7,9-10H2,1-2H3. The van der Waals surface area contributed by atoms with Crippen LogP contribution in [0.15, 0.2) is 18.3 Å². The van der Waals surface area contributed by atoms with Gasteiger partial charge in [0.25, 0.3) is 0 Å². The van der Waals surface area contributed by atoms with Crippen LogP contribution in [0, 0.1) is 0 Å². The van der Waals surface area contributed by atoms with Crippen molar-refractivity contribution in [1.29, 1.82) is 0 Å². The molecule has 3 rings (SSSR count). The summed E-state index contributed by atoms with van der Waals surface area (Å²) < 4.78 is 2.20. The van der Waals surface area contributed by atoms with Crippen molar-refractivity contribution in [1.82, 2.24) is 19.4 Å². The minimum Gasteiger partial charge on any atom is -0.310 e. The van der Waals surface area contributed by atoms with Crippen LogP contribution in [0.3, 0.4) is 0 Å². The molecule has 2 heterocycles. The Morgan fingerprint density at radius 2 is 2.21 bits per heavy atom. The number of alkyl halides is 1. The molecule has 5 heteroatoms. The number of rotatable bonds is 4. The Morgan fingerprint density at radius 1 is 1.42 bits per heavy atom. The van der Waals surface area contributed by atoms with Gasteiger partial charge in [0.2, 0.25) is 0 Å². The molecule has 0 radical (unpaired) electrons. The third-order valence-corrected chi connectivity index (χ3v) is 4.63. The molecule has 1 aliphatic rings. The molecular formula is C14H19ClN4. The van der Waals surface area contributed by atoms with Crippen LogP contribution in [-0.4, -0.2) is 39.1 Å². The van der Waals surface area contributed by atoms with Gasteiger partial charge < -0.3 is 9.47 Å². The molecule has 19 heavy (non-hydrogen) atoms. The summed E-state index contributed by atoms with van der Waals surface area (Å²) >= 11 is 6.05. The van der Waals surface area contributed by atoms with Gasteiger partial charge in [-0.2, -0.15) is 0 Å². The molecular weight excluding hydrogens is 260 g/mol. The van der Waals surface area contributed by atoms with Crippen molar-refractivity contribution in [2.75, 3.05) is 14.1 Å². The molecule has 0 atom stereocenters. The first-order valence-electron chi connectivity index (χ1n) is 6.70. The van der Waals surface area contributed by atoms with Crippen molar-refractivity contribution in [3.05, 3.63) is 24.2 Å². The number of nitrogens with zero attached hydrogens (tertiary/aromatic N) is 4. The van der Waals surface area contributed by atoms with Crippen molar-refractivity contribution < 1.29 is 0 Å². The maximum Gasteiger partial charge on any atom is 0.160 e. The molecule has 0 bridgehead atoms. The lowest BCUT2D eigenvalue weighted by Gasteiger charge is -2.47. The number of pyridine rings is 1. The smallest absolute Gasteiger partial charge is 0.160 e. The zero-order chi connectivity index (χ0) is 13.5. The van der Waals surface area contributed by atoms with Crippen LogP contribution in [0.25, 0.3) is 11.2 Å². The molecule has 1 saturated carbocycles. The van der Waals surface area contributed by atoms with Crippen LogP contribution in [0.5, 0.6) is 0 Å². The fraction of sp³-hybridized carbons (Fsp3) is 0.571. The van der Waals surface area contributed by atoms with Crippen LogP contribution in [0.4, 0.5) is 0 Å². The van der Waals surface area contributed by atoms with Gasteiger partial charge in [-0.15, -0.1) is 11.6 Å². The van der Waals surface area contributed by atoms with Gasteiger partial charge in [0.15, 0.2) is 5.65 Å². The normalized spacial score (nSPS) is 17.9. The van der Waals surface area contributed by atoms with Gasteiger partial charge >= 0.3 is 0 Å².